The maximum absolute atomic E-state index is 14.2. The van der Waals surface area contributed by atoms with Crippen LogP contribution in [0.25, 0.3) is 0 Å². The van der Waals surface area contributed by atoms with Crippen molar-refractivity contribution >= 4 is 17.9 Å². The number of rotatable bonds is 15. The summed E-state index contributed by atoms with van der Waals surface area (Å²) in [6, 6.07) is 5.52. The van der Waals surface area contributed by atoms with E-state index >= 15 is 0 Å². The Balaban J connectivity index is 3.47. The fourth-order valence-electron chi connectivity index (χ4n) is 4.14. The largest absolute Gasteiger partial charge is 0.444 e. The molecule has 38 heavy (non-hydrogen) atoms. The molecule has 7 heteroatoms. The predicted octanol–water partition coefficient (Wildman–Crippen LogP) is 5.97. The van der Waals surface area contributed by atoms with Gasteiger partial charge in [-0.15, -0.1) is 6.42 Å². The van der Waals surface area contributed by atoms with Gasteiger partial charge in [0, 0.05) is 18.7 Å². The number of hydrogen-bond donors (Lipinski definition) is 2. The number of carbonyl (C=O) groups excluding carboxylic acids is 3. The lowest BCUT2D eigenvalue weighted by Gasteiger charge is -2.35. The van der Waals surface area contributed by atoms with E-state index in [2.05, 4.69) is 30.4 Å². The third-order valence-electron chi connectivity index (χ3n) is 6.01. The van der Waals surface area contributed by atoms with Crippen molar-refractivity contribution in [3.8, 4) is 12.3 Å². The number of ether oxygens (including phenoxy) is 1. The van der Waals surface area contributed by atoms with Gasteiger partial charge in [-0.25, -0.2) is 4.79 Å². The molecule has 0 aromatic heterocycles. The number of nitrogens with one attached hydrogen (secondary N) is 2. The molecule has 0 saturated heterocycles. The molecule has 2 atom stereocenters. The zero-order chi connectivity index (χ0) is 28.7. The van der Waals surface area contributed by atoms with Crippen LogP contribution < -0.4 is 10.6 Å². The van der Waals surface area contributed by atoms with Gasteiger partial charge in [0.2, 0.25) is 11.8 Å². The van der Waals surface area contributed by atoms with Crippen LogP contribution in [0.15, 0.2) is 24.3 Å². The van der Waals surface area contributed by atoms with E-state index in [-0.39, 0.29) is 17.7 Å². The second-order valence-electron chi connectivity index (χ2n) is 11.2. The number of carbonyl (C=O) groups is 3. The lowest BCUT2D eigenvalue weighted by atomic mass is 9.98. The number of terminal acetylenes is 1. The molecule has 0 bridgehead atoms. The maximum atomic E-state index is 14.2. The van der Waals surface area contributed by atoms with Crippen LogP contribution in [0.5, 0.6) is 0 Å². The van der Waals surface area contributed by atoms with Crippen molar-refractivity contribution in [2.24, 2.45) is 5.92 Å². The quantitative estimate of drug-likeness (QED) is 0.217. The van der Waals surface area contributed by atoms with Gasteiger partial charge < -0.3 is 20.3 Å². The van der Waals surface area contributed by atoms with Gasteiger partial charge in [0.1, 0.15) is 17.7 Å². The summed E-state index contributed by atoms with van der Waals surface area (Å²) in [6.07, 6.45) is 10.9. The molecule has 3 amide bonds. The zero-order valence-electron chi connectivity index (χ0n) is 24.6. The Labute approximate surface area is 230 Å². The standard InChI is InChI=1S/C31H49N3O4/c1-9-12-14-15-21-34(29(36)26(22-23(4)5)33-30(37)38-31(6,7)8)27(28(35)32-20-13-10-2)25-18-16-24(11-3)17-19-25/h3,16-19,23,26-27H,9-10,12-15,20-22H2,1-2,4-8H3,(H,32,35)(H,33,37). The molecule has 7 nitrogen and oxygen atoms in total. The topological polar surface area (TPSA) is 87.7 Å². The number of nitrogens with zero attached hydrogens (tertiary/aromatic N) is 1. The minimum atomic E-state index is -0.845. The fraction of sp³-hybridized carbons (Fsp3) is 0.645. The van der Waals surface area contributed by atoms with E-state index in [9.17, 15) is 14.4 Å². The van der Waals surface area contributed by atoms with Gasteiger partial charge in [-0.1, -0.05) is 71.4 Å². The lowest BCUT2D eigenvalue weighted by Crippen LogP contribution is -2.53. The second kappa shape index (κ2) is 16.8. The highest BCUT2D eigenvalue weighted by Gasteiger charge is 2.36. The van der Waals surface area contributed by atoms with E-state index in [4.69, 9.17) is 11.2 Å². The molecule has 0 radical (unpaired) electrons. The smallest absolute Gasteiger partial charge is 0.408 e. The second-order valence-corrected chi connectivity index (χ2v) is 11.2. The lowest BCUT2D eigenvalue weighted by molar-refractivity contribution is -0.143. The molecule has 0 saturated carbocycles. The third-order valence-corrected chi connectivity index (χ3v) is 6.01. The Hall–Kier alpha value is -3.01. The van der Waals surface area contributed by atoms with Gasteiger partial charge in [0.15, 0.2) is 0 Å². The number of hydrogen-bond acceptors (Lipinski definition) is 4. The molecule has 0 fully saturated rings. The summed E-state index contributed by atoms with van der Waals surface area (Å²) in [5, 5.41) is 5.81. The first-order valence-electron chi connectivity index (χ1n) is 14.1. The van der Waals surface area contributed by atoms with Crippen LogP contribution in [-0.2, 0) is 14.3 Å². The van der Waals surface area contributed by atoms with Crippen molar-refractivity contribution in [2.75, 3.05) is 13.1 Å². The molecule has 0 spiro atoms. The predicted molar refractivity (Wildman–Crippen MR) is 154 cm³/mol. The van der Waals surface area contributed by atoms with Crippen molar-refractivity contribution in [1.29, 1.82) is 0 Å². The molecule has 2 N–H and O–H groups in total. The maximum Gasteiger partial charge on any atom is 0.408 e. The molecule has 2 unspecified atom stereocenters. The van der Waals surface area contributed by atoms with E-state index in [1.54, 1.807) is 37.8 Å². The van der Waals surface area contributed by atoms with Crippen LogP contribution in [0, 0.1) is 18.3 Å². The highest BCUT2D eigenvalue weighted by Crippen LogP contribution is 2.25. The molecule has 212 valence electrons. The molecule has 0 heterocycles. The van der Waals surface area contributed by atoms with E-state index in [0.717, 1.165) is 38.5 Å². The van der Waals surface area contributed by atoms with Crippen LogP contribution in [0.1, 0.15) is 111 Å². The van der Waals surface area contributed by atoms with Crippen LogP contribution in [0.2, 0.25) is 0 Å². The first-order chi connectivity index (χ1) is 17.9. The Morgan fingerprint density at radius 2 is 1.63 bits per heavy atom. The summed E-state index contributed by atoms with van der Waals surface area (Å²) in [5.74, 6) is 2.20. The molecule has 0 aliphatic heterocycles. The van der Waals surface area contributed by atoms with Crippen molar-refractivity contribution in [3.63, 3.8) is 0 Å². The molecule has 0 aliphatic rings. The van der Waals surface area contributed by atoms with Gasteiger partial charge >= 0.3 is 6.09 Å². The SMILES string of the molecule is C#Cc1ccc(C(C(=O)NCCCC)N(CCCCCC)C(=O)C(CC(C)C)NC(=O)OC(C)(C)C)cc1. The molecule has 1 rings (SSSR count). The number of unbranched alkanes of at least 4 members (excludes halogenated alkanes) is 4. The van der Waals surface area contributed by atoms with Gasteiger partial charge in [0.05, 0.1) is 0 Å². The molecular weight excluding hydrogens is 478 g/mol. The minimum Gasteiger partial charge on any atom is -0.444 e. The summed E-state index contributed by atoms with van der Waals surface area (Å²) in [4.78, 5) is 42.1. The molecule has 0 aliphatic carbocycles. The van der Waals surface area contributed by atoms with Crippen LogP contribution >= 0.6 is 0 Å². The first kappa shape index (κ1) is 33.0. The zero-order valence-corrected chi connectivity index (χ0v) is 24.6. The first-order valence-corrected chi connectivity index (χ1v) is 14.1. The summed E-state index contributed by atoms with van der Waals surface area (Å²) < 4.78 is 5.46. The Morgan fingerprint density at radius 1 is 1.00 bits per heavy atom. The van der Waals surface area contributed by atoms with Crippen LogP contribution in [0.4, 0.5) is 4.79 Å². The van der Waals surface area contributed by atoms with Crippen LogP contribution in [0.3, 0.4) is 0 Å². The monoisotopic (exact) mass is 527 g/mol. The van der Waals surface area contributed by atoms with E-state index < -0.39 is 23.8 Å². The molecule has 1 aromatic rings. The number of amides is 3. The van der Waals surface area contributed by atoms with Gasteiger partial charge in [-0.05, 0) is 63.6 Å². The number of alkyl carbamates (subject to hydrolysis) is 1. The minimum absolute atomic E-state index is 0.132. The average molecular weight is 528 g/mol. The van der Waals surface area contributed by atoms with Gasteiger partial charge in [-0.3, -0.25) is 9.59 Å². The van der Waals surface area contributed by atoms with Crippen molar-refractivity contribution in [3.05, 3.63) is 35.4 Å². The van der Waals surface area contributed by atoms with Crippen molar-refractivity contribution in [2.45, 2.75) is 111 Å². The fourth-order valence-corrected chi connectivity index (χ4v) is 4.14. The summed E-state index contributed by atoms with van der Waals surface area (Å²) in [6.45, 7) is 14.4. The van der Waals surface area contributed by atoms with E-state index in [0.29, 0.717) is 30.6 Å². The average Bonchev–Trinajstić information content (AvgIpc) is 2.84. The molecule has 1 aromatic carbocycles. The van der Waals surface area contributed by atoms with E-state index in [1.165, 1.54) is 0 Å². The Bertz CT molecular complexity index is 913. The summed E-state index contributed by atoms with van der Waals surface area (Å²) in [5.41, 5.74) is 0.682. The van der Waals surface area contributed by atoms with Gasteiger partial charge in [0.25, 0.3) is 0 Å². The normalized spacial score (nSPS) is 12.8. The number of benzene rings is 1. The third kappa shape index (κ3) is 12.0. The van der Waals surface area contributed by atoms with Crippen molar-refractivity contribution in [1.82, 2.24) is 15.5 Å². The highest BCUT2D eigenvalue weighted by atomic mass is 16.6. The van der Waals surface area contributed by atoms with E-state index in [1.807, 2.05) is 26.0 Å². The summed E-state index contributed by atoms with van der Waals surface area (Å²) >= 11 is 0. The Kier molecular flexibility index (Phi) is 14.6. The molecular formula is C31H49N3O4. The highest BCUT2D eigenvalue weighted by molar-refractivity contribution is 5.92. The Morgan fingerprint density at radius 3 is 2.16 bits per heavy atom. The van der Waals surface area contributed by atoms with Crippen LogP contribution in [-0.4, -0.2) is 47.5 Å². The van der Waals surface area contributed by atoms with Gasteiger partial charge in [-0.2, -0.15) is 0 Å². The van der Waals surface area contributed by atoms with Crippen molar-refractivity contribution < 1.29 is 19.1 Å². The summed E-state index contributed by atoms with van der Waals surface area (Å²) in [7, 11) is 0.